The van der Waals surface area contributed by atoms with Gasteiger partial charge in [0.25, 0.3) is 5.91 Å². The zero-order valence-electron chi connectivity index (χ0n) is 12.8. The highest BCUT2D eigenvalue weighted by molar-refractivity contribution is 5.93. The van der Waals surface area contributed by atoms with Crippen molar-refractivity contribution < 1.29 is 32.6 Å². The summed E-state index contributed by atoms with van der Waals surface area (Å²) in [7, 11) is 0. The van der Waals surface area contributed by atoms with E-state index in [1.807, 2.05) is 0 Å². The second-order valence-corrected chi connectivity index (χ2v) is 5.14. The molecule has 0 aromatic heterocycles. The summed E-state index contributed by atoms with van der Waals surface area (Å²) in [5.41, 5.74) is -0.214. The van der Waals surface area contributed by atoms with Crippen LogP contribution < -0.4 is 14.8 Å². The number of ether oxygens (including phenoxy) is 3. The number of hydrogen-bond donors (Lipinski definition) is 1. The molecule has 0 unspecified atom stereocenters. The Morgan fingerprint density at radius 3 is 2.68 bits per heavy atom. The predicted octanol–water partition coefficient (Wildman–Crippen LogP) is 2.29. The molecule has 130 valence electrons. The van der Waals surface area contributed by atoms with Crippen LogP contribution in [0.3, 0.4) is 0 Å². The Morgan fingerprint density at radius 2 is 1.92 bits per heavy atom. The van der Waals surface area contributed by atoms with E-state index in [-0.39, 0.29) is 12.3 Å². The summed E-state index contributed by atoms with van der Waals surface area (Å²) < 4.78 is 41.9. The minimum absolute atomic E-state index is 0.0515. The number of anilines is 1. The van der Waals surface area contributed by atoms with Crippen molar-refractivity contribution in [3.05, 3.63) is 54.1 Å². The number of halogens is 2. The average molecular weight is 349 g/mol. The van der Waals surface area contributed by atoms with E-state index >= 15 is 0 Å². The van der Waals surface area contributed by atoms with Crippen molar-refractivity contribution in [3.8, 4) is 11.5 Å². The van der Waals surface area contributed by atoms with Gasteiger partial charge in [-0.2, -0.15) is 0 Å². The third-order valence-electron chi connectivity index (χ3n) is 3.32. The fourth-order valence-corrected chi connectivity index (χ4v) is 2.14. The van der Waals surface area contributed by atoms with Crippen molar-refractivity contribution in [2.24, 2.45) is 0 Å². The van der Waals surface area contributed by atoms with E-state index in [1.54, 1.807) is 24.3 Å². The first-order chi connectivity index (χ1) is 12.0. The molecule has 0 aliphatic carbocycles. The molecule has 0 fully saturated rings. The van der Waals surface area contributed by atoms with Gasteiger partial charge in [-0.3, -0.25) is 4.79 Å². The van der Waals surface area contributed by atoms with E-state index in [2.05, 4.69) is 5.32 Å². The number of fused-ring (bicyclic) bond motifs is 1. The maximum atomic E-state index is 13.4. The molecular formula is C17H13F2NO5. The van der Waals surface area contributed by atoms with Crippen LogP contribution in [-0.4, -0.2) is 31.2 Å². The van der Waals surface area contributed by atoms with E-state index < -0.39 is 36.2 Å². The van der Waals surface area contributed by atoms with Crippen LogP contribution in [0.2, 0.25) is 0 Å². The predicted molar refractivity (Wildman–Crippen MR) is 82.3 cm³/mol. The lowest BCUT2D eigenvalue weighted by Crippen LogP contribution is -2.39. The third-order valence-corrected chi connectivity index (χ3v) is 3.32. The molecule has 1 aliphatic heterocycles. The fraction of sp³-hybridized carbons (Fsp3) is 0.176. The molecule has 1 amide bonds. The topological polar surface area (TPSA) is 73.9 Å². The summed E-state index contributed by atoms with van der Waals surface area (Å²) >= 11 is 0. The molecule has 2 aromatic carbocycles. The monoisotopic (exact) mass is 349 g/mol. The zero-order valence-corrected chi connectivity index (χ0v) is 12.8. The molecule has 3 rings (SSSR count). The van der Waals surface area contributed by atoms with E-state index in [0.717, 1.165) is 12.1 Å². The molecule has 2 aromatic rings. The number of carbonyl (C=O) groups is 2. The summed E-state index contributed by atoms with van der Waals surface area (Å²) in [6.45, 7) is -0.693. The highest BCUT2D eigenvalue weighted by atomic mass is 19.1. The Kier molecular flexibility index (Phi) is 4.78. The number of esters is 1. The minimum atomic E-state index is -1.01. The SMILES string of the molecule is O=C(COC(=O)[C@H]1COc2ccccc2O1)Nc1ccc(F)cc1F. The third kappa shape index (κ3) is 4.03. The zero-order chi connectivity index (χ0) is 17.8. The van der Waals surface area contributed by atoms with Crippen LogP contribution in [-0.2, 0) is 14.3 Å². The molecule has 8 heteroatoms. The van der Waals surface area contributed by atoms with Crippen LogP contribution in [0.25, 0.3) is 0 Å². The summed E-state index contributed by atoms with van der Waals surface area (Å²) in [6.07, 6.45) is -1.01. The van der Waals surface area contributed by atoms with Gasteiger partial charge in [0.05, 0.1) is 5.69 Å². The molecule has 0 saturated carbocycles. The first-order valence-electron chi connectivity index (χ1n) is 7.33. The highest BCUT2D eigenvalue weighted by Gasteiger charge is 2.29. The second kappa shape index (κ2) is 7.16. The average Bonchev–Trinajstić information content (AvgIpc) is 2.61. The summed E-state index contributed by atoms with van der Waals surface area (Å²) in [5, 5.41) is 2.18. The van der Waals surface area contributed by atoms with Crippen LogP contribution >= 0.6 is 0 Å². The van der Waals surface area contributed by atoms with Gasteiger partial charge in [0.2, 0.25) is 6.10 Å². The largest absolute Gasteiger partial charge is 0.485 e. The van der Waals surface area contributed by atoms with Gasteiger partial charge in [0.1, 0.15) is 18.2 Å². The minimum Gasteiger partial charge on any atom is -0.485 e. The van der Waals surface area contributed by atoms with E-state index in [0.29, 0.717) is 17.6 Å². The quantitative estimate of drug-likeness (QED) is 0.858. The maximum Gasteiger partial charge on any atom is 0.351 e. The standard InChI is InChI=1S/C17H13F2NO5/c18-10-5-6-12(11(19)7-10)20-16(21)9-24-17(22)15-8-23-13-3-1-2-4-14(13)25-15/h1-7,15H,8-9H2,(H,20,21)/t15-/m1/s1. The molecule has 0 radical (unpaired) electrons. The van der Waals surface area contributed by atoms with Gasteiger partial charge in [-0.25, -0.2) is 13.6 Å². The van der Waals surface area contributed by atoms with Crippen LogP contribution in [0.1, 0.15) is 0 Å². The van der Waals surface area contributed by atoms with Gasteiger partial charge in [-0.15, -0.1) is 0 Å². The molecule has 1 aliphatic rings. The summed E-state index contributed by atoms with van der Waals surface area (Å²) in [4.78, 5) is 23.7. The van der Waals surface area contributed by atoms with Crippen molar-refractivity contribution in [1.82, 2.24) is 0 Å². The van der Waals surface area contributed by atoms with Crippen LogP contribution in [0, 0.1) is 11.6 Å². The van der Waals surface area contributed by atoms with E-state index in [9.17, 15) is 18.4 Å². The smallest absolute Gasteiger partial charge is 0.351 e. The van der Waals surface area contributed by atoms with Gasteiger partial charge in [0, 0.05) is 6.07 Å². The van der Waals surface area contributed by atoms with Gasteiger partial charge >= 0.3 is 5.97 Å². The Balaban J connectivity index is 1.51. The van der Waals surface area contributed by atoms with Crippen molar-refractivity contribution in [2.45, 2.75) is 6.10 Å². The maximum absolute atomic E-state index is 13.4. The van der Waals surface area contributed by atoms with Gasteiger partial charge in [-0.1, -0.05) is 12.1 Å². The highest BCUT2D eigenvalue weighted by Crippen LogP contribution is 2.31. The molecule has 0 saturated heterocycles. The van der Waals surface area contributed by atoms with Crippen LogP contribution in [0.4, 0.5) is 14.5 Å². The Morgan fingerprint density at radius 1 is 1.16 bits per heavy atom. The lowest BCUT2D eigenvalue weighted by Gasteiger charge is -2.24. The number of nitrogens with one attached hydrogen (secondary N) is 1. The number of amides is 1. The van der Waals surface area contributed by atoms with Crippen molar-refractivity contribution in [3.63, 3.8) is 0 Å². The first-order valence-corrected chi connectivity index (χ1v) is 7.33. The normalized spacial score (nSPS) is 15.4. The van der Waals surface area contributed by atoms with Gasteiger partial charge in [-0.05, 0) is 24.3 Å². The molecule has 6 nitrogen and oxygen atoms in total. The molecule has 1 atom stereocenters. The fourth-order valence-electron chi connectivity index (χ4n) is 2.14. The van der Waals surface area contributed by atoms with Crippen molar-refractivity contribution >= 4 is 17.6 Å². The Labute approximate surface area is 141 Å². The number of rotatable bonds is 4. The van der Waals surface area contributed by atoms with Crippen molar-refractivity contribution in [1.29, 1.82) is 0 Å². The van der Waals surface area contributed by atoms with E-state index in [4.69, 9.17) is 14.2 Å². The lowest BCUT2D eigenvalue weighted by atomic mass is 10.2. The molecule has 1 heterocycles. The number of carbonyl (C=O) groups excluding carboxylic acids is 2. The number of hydrogen-bond acceptors (Lipinski definition) is 5. The van der Waals surface area contributed by atoms with Crippen molar-refractivity contribution in [2.75, 3.05) is 18.5 Å². The number of para-hydroxylation sites is 2. The summed E-state index contributed by atoms with van der Waals surface area (Å²) in [5.74, 6) is -2.35. The Bertz CT molecular complexity index is 811. The second-order valence-electron chi connectivity index (χ2n) is 5.14. The number of benzene rings is 2. The van der Waals surface area contributed by atoms with E-state index in [1.165, 1.54) is 0 Å². The lowest BCUT2D eigenvalue weighted by molar-refractivity contribution is -0.156. The molecule has 0 spiro atoms. The molecule has 0 bridgehead atoms. The summed E-state index contributed by atoms with van der Waals surface area (Å²) in [6, 6.07) is 9.52. The Hall–Kier alpha value is -3.16. The first kappa shape index (κ1) is 16.7. The molecule has 1 N–H and O–H groups in total. The van der Waals surface area contributed by atoms with Crippen LogP contribution in [0.15, 0.2) is 42.5 Å². The van der Waals surface area contributed by atoms with Gasteiger partial charge < -0.3 is 19.5 Å². The molecule has 25 heavy (non-hydrogen) atoms. The van der Waals surface area contributed by atoms with Gasteiger partial charge in [0.15, 0.2) is 18.1 Å². The van der Waals surface area contributed by atoms with Crippen LogP contribution in [0.5, 0.6) is 11.5 Å². The molecular weight excluding hydrogens is 336 g/mol.